The molecule has 2 N–H and O–H groups in total. The fraction of sp³-hybridized carbons (Fsp3) is 0.867. The van der Waals surface area contributed by atoms with E-state index in [4.69, 9.17) is 9.47 Å². The molecule has 1 aliphatic rings. The van der Waals surface area contributed by atoms with Crippen molar-refractivity contribution in [3.63, 3.8) is 0 Å². The topological polar surface area (TPSA) is 75.2 Å². The molecule has 1 saturated heterocycles. The van der Waals surface area contributed by atoms with Gasteiger partial charge in [-0.1, -0.05) is 0 Å². The molecule has 1 atom stereocenters. The SMILES string of the molecule is CN=C(NCCCOCC1CCOC1)NCCC(=O)N(C)C. The first kappa shape index (κ1) is 18.7. The van der Waals surface area contributed by atoms with Crippen LogP contribution in [0.3, 0.4) is 0 Å². The molecular weight excluding hydrogens is 284 g/mol. The van der Waals surface area contributed by atoms with Crippen LogP contribution in [0.2, 0.25) is 0 Å². The van der Waals surface area contributed by atoms with Gasteiger partial charge in [0.1, 0.15) is 0 Å². The molecule has 7 nitrogen and oxygen atoms in total. The van der Waals surface area contributed by atoms with Crippen molar-refractivity contribution in [3.05, 3.63) is 0 Å². The Hall–Kier alpha value is -1.34. The molecule has 0 aromatic heterocycles. The Bertz CT molecular complexity index is 342. The molecular formula is C15H30N4O3. The minimum absolute atomic E-state index is 0.104. The van der Waals surface area contributed by atoms with Crippen molar-refractivity contribution < 1.29 is 14.3 Å². The minimum atomic E-state index is 0.104. The van der Waals surface area contributed by atoms with Gasteiger partial charge in [0, 0.05) is 59.8 Å². The van der Waals surface area contributed by atoms with Crippen LogP contribution in [0.25, 0.3) is 0 Å². The molecule has 22 heavy (non-hydrogen) atoms. The van der Waals surface area contributed by atoms with Crippen molar-refractivity contribution in [1.29, 1.82) is 0 Å². The molecule has 0 saturated carbocycles. The van der Waals surface area contributed by atoms with Gasteiger partial charge in [-0.05, 0) is 12.8 Å². The van der Waals surface area contributed by atoms with Gasteiger partial charge in [0.2, 0.25) is 5.91 Å². The lowest BCUT2D eigenvalue weighted by Gasteiger charge is -2.14. The highest BCUT2D eigenvalue weighted by atomic mass is 16.5. The van der Waals surface area contributed by atoms with Gasteiger partial charge in [-0.25, -0.2) is 0 Å². The van der Waals surface area contributed by atoms with Gasteiger partial charge in [0.25, 0.3) is 0 Å². The molecule has 1 amide bonds. The highest BCUT2D eigenvalue weighted by Crippen LogP contribution is 2.12. The fourth-order valence-corrected chi connectivity index (χ4v) is 2.08. The summed E-state index contributed by atoms with van der Waals surface area (Å²) in [4.78, 5) is 17.2. The van der Waals surface area contributed by atoms with E-state index >= 15 is 0 Å². The van der Waals surface area contributed by atoms with Crippen LogP contribution in [0.4, 0.5) is 0 Å². The van der Waals surface area contributed by atoms with Gasteiger partial charge in [0.05, 0.1) is 13.2 Å². The monoisotopic (exact) mass is 314 g/mol. The molecule has 7 heteroatoms. The Labute approximate surface area is 133 Å². The molecule has 0 aromatic rings. The van der Waals surface area contributed by atoms with E-state index in [2.05, 4.69) is 15.6 Å². The van der Waals surface area contributed by atoms with Crippen molar-refractivity contribution >= 4 is 11.9 Å². The van der Waals surface area contributed by atoms with Crippen LogP contribution in [0, 0.1) is 5.92 Å². The number of nitrogens with one attached hydrogen (secondary N) is 2. The van der Waals surface area contributed by atoms with Crippen molar-refractivity contribution in [3.8, 4) is 0 Å². The third-order valence-electron chi connectivity index (χ3n) is 3.49. The molecule has 0 aromatic carbocycles. The van der Waals surface area contributed by atoms with Crippen LogP contribution >= 0.6 is 0 Å². The molecule has 128 valence electrons. The molecule has 0 spiro atoms. The summed E-state index contributed by atoms with van der Waals surface area (Å²) in [5.74, 6) is 1.39. The molecule has 1 fully saturated rings. The third kappa shape index (κ3) is 8.19. The Morgan fingerprint density at radius 1 is 1.36 bits per heavy atom. The van der Waals surface area contributed by atoms with Crippen LogP contribution in [0.1, 0.15) is 19.3 Å². The zero-order chi connectivity index (χ0) is 16.2. The third-order valence-corrected chi connectivity index (χ3v) is 3.49. The number of hydrogen-bond donors (Lipinski definition) is 2. The lowest BCUT2D eigenvalue weighted by Crippen LogP contribution is -2.39. The van der Waals surface area contributed by atoms with Gasteiger partial charge < -0.3 is 25.0 Å². The van der Waals surface area contributed by atoms with Crippen LogP contribution in [-0.2, 0) is 14.3 Å². The van der Waals surface area contributed by atoms with E-state index in [0.29, 0.717) is 18.9 Å². The van der Waals surface area contributed by atoms with Crippen molar-refractivity contribution in [2.24, 2.45) is 10.9 Å². The molecule has 1 aliphatic heterocycles. The largest absolute Gasteiger partial charge is 0.381 e. The van der Waals surface area contributed by atoms with Crippen LogP contribution in [-0.4, -0.2) is 77.4 Å². The normalized spacial score (nSPS) is 18.3. The number of rotatable bonds is 9. The van der Waals surface area contributed by atoms with E-state index in [-0.39, 0.29) is 5.91 Å². The van der Waals surface area contributed by atoms with Crippen molar-refractivity contribution in [2.75, 3.05) is 60.7 Å². The predicted octanol–water partition coefficient (Wildman–Crippen LogP) is 0.0729. The maximum absolute atomic E-state index is 11.5. The maximum Gasteiger partial charge on any atom is 0.223 e. The number of carbonyl (C=O) groups excluding carboxylic acids is 1. The van der Waals surface area contributed by atoms with E-state index in [1.807, 2.05) is 0 Å². The van der Waals surface area contributed by atoms with Crippen molar-refractivity contribution in [2.45, 2.75) is 19.3 Å². The minimum Gasteiger partial charge on any atom is -0.381 e. The average molecular weight is 314 g/mol. The molecule has 1 heterocycles. The first-order valence-electron chi connectivity index (χ1n) is 7.93. The van der Waals surface area contributed by atoms with Gasteiger partial charge in [-0.2, -0.15) is 0 Å². The zero-order valence-corrected chi connectivity index (χ0v) is 14.1. The number of aliphatic imine (C=N–C) groups is 1. The molecule has 0 aliphatic carbocycles. The highest BCUT2D eigenvalue weighted by Gasteiger charge is 2.15. The Balaban J connectivity index is 1.98. The predicted molar refractivity (Wildman–Crippen MR) is 87.0 cm³/mol. The van der Waals surface area contributed by atoms with E-state index < -0.39 is 0 Å². The van der Waals surface area contributed by atoms with Crippen LogP contribution < -0.4 is 10.6 Å². The molecule has 0 radical (unpaired) electrons. The second kappa shape index (κ2) is 11.3. The first-order valence-corrected chi connectivity index (χ1v) is 7.93. The summed E-state index contributed by atoms with van der Waals surface area (Å²) in [6, 6.07) is 0. The standard InChI is InChI=1S/C15H30N4O3/c1-16-15(18-8-5-14(20)19(2)3)17-7-4-9-21-11-13-6-10-22-12-13/h13H,4-12H2,1-3H3,(H2,16,17,18). The Morgan fingerprint density at radius 2 is 2.14 bits per heavy atom. The summed E-state index contributed by atoms with van der Waals surface area (Å²) < 4.78 is 10.9. The van der Waals surface area contributed by atoms with Crippen LogP contribution in [0.5, 0.6) is 0 Å². The summed E-state index contributed by atoms with van der Waals surface area (Å²) in [5, 5.41) is 6.34. The van der Waals surface area contributed by atoms with E-state index in [9.17, 15) is 4.79 Å². The highest BCUT2D eigenvalue weighted by molar-refractivity contribution is 5.81. The second-order valence-corrected chi connectivity index (χ2v) is 5.62. The summed E-state index contributed by atoms with van der Waals surface area (Å²) in [5.41, 5.74) is 0. The number of ether oxygens (including phenoxy) is 2. The summed E-state index contributed by atoms with van der Waals surface area (Å²) in [6.07, 6.45) is 2.49. The summed E-state index contributed by atoms with van der Waals surface area (Å²) >= 11 is 0. The smallest absolute Gasteiger partial charge is 0.223 e. The number of amides is 1. The Kier molecular flexibility index (Phi) is 9.57. The summed E-state index contributed by atoms with van der Waals surface area (Å²) in [6.45, 7) is 4.60. The molecule has 1 unspecified atom stereocenters. The van der Waals surface area contributed by atoms with Gasteiger partial charge in [-0.3, -0.25) is 9.79 Å². The average Bonchev–Trinajstić information content (AvgIpc) is 3.01. The maximum atomic E-state index is 11.5. The van der Waals surface area contributed by atoms with Crippen molar-refractivity contribution in [1.82, 2.24) is 15.5 Å². The number of guanidine groups is 1. The number of hydrogen-bond acceptors (Lipinski definition) is 4. The lowest BCUT2D eigenvalue weighted by atomic mass is 10.1. The van der Waals surface area contributed by atoms with E-state index in [1.54, 1.807) is 26.0 Å². The van der Waals surface area contributed by atoms with Gasteiger partial charge in [-0.15, -0.1) is 0 Å². The zero-order valence-electron chi connectivity index (χ0n) is 14.1. The number of carbonyl (C=O) groups is 1. The van der Waals surface area contributed by atoms with E-state index in [1.165, 1.54) is 0 Å². The first-order chi connectivity index (χ1) is 10.6. The molecule has 0 bridgehead atoms. The summed E-state index contributed by atoms with van der Waals surface area (Å²) in [7, 11) is 5.24. The Morgan fingerprint density at radius 3 is 2.77 bits per heavy atom. The number of nitrogens with zero attached hydrogens (tertiary/aromatic N) is 2. The van der Waals surface area contributed by atoms with E-state index in [0.717, 1.165) is 51.8 Å². The lowest BCUT2D eigenvalue weighted by molar-refractivity contribution is -0.128. The fourth-order valence-electron chi connectivity index (χ4n) is 2.08. The molecule has 1 rings (SSSR count). The quantitative estimate of drug-likeness (QED) is 0.358. The van der Waals surface area contributed by atoms with Gasteiger partial charge in [0.15, 0.2) is 5.96 Å². The second-order valence-electron chi connectivity index (χ2n) is 5.62. The van der Waals surface area contributed by atoms with Crippen LogP contribution in [0.15, 0.2) is 4.99 Å². The van der Waals surface area contributed by atoms with Gasteiger partial charge >= 0.3 is 0 Å².